The Labute approximate surface area is 98.1 Å². The van der Waals surface area contributed by atoms with Gasteiger partial charge in [0, 0.05) is 6.61 Å². The second-order valence-electron chi connectivity index (χ2n) is 3.62. The number of nitrogen functional groups attached to an aromatic ring is 1. The molecule has 0 saturated heterocycles. The maximum atomic E-state index is 8.64. The second-order valence-corrected chi connectivity index (χ2v) is 3.62. The minimum Gasteiger partial charge on any atom is -0.476 e. The zero-order valence-electron chi connectivity index (χ0n) is 9.39. The molecule has 0 bridgehead atoms. The maximum absolute atomic E-state index is 8.64. The highest BCUT2D eigenvalue weighted by atomic mass is 16.5. The summed E-state index contributed by atoms with van der Waals surface area (Å²) in [6.07, 6.45) is 4.09. The smallest absolute Gasteiger partial charge is 0.245 e. The van der Waals surface area contributed by atoms with Gasteiger partial charge in [-0.25, -0.2) is 4.98 Å². The fraction of sp³-hybridized carbons (Fsp3) is 0.500. The van der Waals surface area contributed by atoms with Gasteiger partial charge in [-0.05, 0) is 19.3 Å². The predicted octanol–water partition coefficient (Wildman–Crippen LogP) is 0.477. The van der Waals surface area contributed by atoms with Gasteiger partial charge < -0.3 is 20.6 Å². The number of anilines is 1. The fourth-order valence-electron chi connectivity index (χ4n) is 1.49. The van der Waals surface area contributed by atoms with E-state index in [2.05, 4.69) is 19.9 Å². The van der Waals surface area contributed by atoms with Crippen molar-refractivity contribution in [2.75, 3.05) is 18.9 Å². The minimum absolute atomic E-state index is 0.148. The Morgan fingerprint density at radius 2 is 2.18 bits per heavy atom. The van der Waals surface area contributed by atoms with E-state index in [1.54, 1.807) is 0 Å². The van der Waals surface area contributed by atoms with E-state index < -0.39 is 0 Å². The molecule has 0 atom stereocenters. The number of unbranched alkanes of at least 4 members (excludes halogenated alkanes) is 2. The number of aromatic nitrogens is 4. The Kier molecular flexibility index (Phi) is 3.71. The topological polar surface area (TPSA) is 110 Å². The molecule has 7 heteroatoms. The van der Waals surface area contributed by atoms with Crippen LogP contribution in [0.2, 0.25) is 0 Å². The molecule has 0 aliphatic carbocycles. The highest BCUT2D eigenvalue weighted by Crippen LogP contribution is 2.19. The van der Waals surface area contributed by atoms with Gasteiger partial charge in [0.2, 0.25) is 11.8 Å². The molecule has 0 aliphatic heterocycles. The minimum atomic E-state index is 0.148. The van der Waals surface area contributed by atoms with Crippen LogP contribution in [0.1, 0.15) is 19.3 Å². The molecule has 0 aromatic carbocycles. The number of ether oxygens (including phenoxy) is 1. The molecule has 2 aromatic rings. The third-order valence-corrected chi connectivity index (χ3v) is 2.31. The normalized spacial score (nSPS) is 10.9. The van der Waals surface area contributed by atoms with Crippen LogP contribution >= 0.6 is 0 Å². The third-order valence-electron chi connectivity index (χ3n) is 2.31. The fourth-order valence-corrected chi connectivity index (χ4v) is 1.49. The van der Waals surface area contributed by atoms with Crippen LogP contribution in [0.25, 0.3) is 11.2 Å². The van der Waals surface area contributed by atoms with Crippen LogP contribution in [0.5, 0.6) is 5.88 Å². The van der Waals surface area contributed by atoms with Crippen molar-refractivity contribution in [2.45, 2.75) is 19.3 Å². The molecule has 92 valence electrons. The van der Waals surface area contributed by atoms with E-state index in [1.165, 1.54) is 6.33 Å². The van der Waals surface area contributed by atoms with Crippen LogP contribution in [0.15, 0.2) is 6.33 Å². The summed E-state index contributed by atoms with van der Waals surface area (Å²) >= 11 is 0. The summed E-state index contributed by atoms with van der Waals surface area (Å²) in [5, 5.41) is 8.64. The summed E-state index contributed by atoms with van der Waals surface area (Å²) in [5.41, 5.74) is 6.70. The quantitative estimate of drug-likeness (QED) is 0.630. The van der Waals surface area contributed by atoms with E-state index in [0.29, 0.717) is 23.7 Å². The lowest BCUT2D eigenvalue weighted by molar-refractivity contribution is 0.264. The van der Waals surface area contributed by atoms with Crippen LogP contribution in [0.4, 0.5) is 5.95 Å². The van der Waals surface area contributed by atoms with Gasteiger partial charge >= 0.3 is 0 Å². The number of aliphatic hydroxyl groups is 1. The van der Waals surface area contributed by atoms with Gasteiger partial charge in [-0.2, -0.15) is 9.97 Å². The standard InChI is InChI=1S/C10H15N5O2/c11-10-14-8-7(12-6-13-8)9(15-10)17-5-3-1-2-4-16/h6,16H,1-5H2,(H3,11,12,13,14,15). The molecule has 2 heterocycles. The zero-order valence-corrected chi connectivity index (χ0v) is 9.39. The molecule has 0 aliphatic rings. The first-order valence-electron chi connectivity index (χ1n) is 5.51. The number of fused-ring (bicyclic) bond motifs is 1. The molecule has 17 heavy (non-hydrogen) atoms. The summed E-state index contributed by atoms with van der Waals surface area (Å²) in [4.78, 5) is 14.9. The van der Waals surface area contributed by atoms with Gasteiger partial charge in [0.05, 0.1) is 12.9 Å². The molecule has 0 radical (unpaired) electrons. The van der Waals surface area contributed by atoms with Crippen molar-refractivity contribution in [3.8, 4) is 5.88 Å². The number of aliphatic hydroxyl groups excluding tert-OH is 1. The number of hydrogen-bond donors (Lipinski definition) is 3. The lowest BCUT2D eigenvalue weighted by Crippen LogP contribution is -2.03. The van der Waals surface area contributed by atoms with Crippen molar-refractivity contribution in [3.05, 3.63) is 6.33 Å². The van der Waals surface area contributed by atoms with E-state index in [0.717, 1.165) is 19.3 Å². The van der Waals surface area contributed by atoms with Gasteiger partial charge in [-0.3, -0.25) is 0 Å². The lowest BCUT2D eigenvalue weighted by Gasteiger charge is -2.05. The monoisotopic (exact) mass is 237 g/mol. The number of hydrogen-bond acceptors (Lipinski definition) is 6. The van der Waals surface area contributed by atoms with Crippen molar-refractivity contribution < 1.29 is 9.84 Å². The molecule has 2 aromatic heterocycles. The number of imidazole rings is 1. The molecule has 4 N–H and O–H groups in total. The number of rotatable bonds is 6. The summed E-state index contributed by atoms with van der Waals surface area (Å²) in [5.74, 6) is 0.573. The summed E-state index contributed by atoms with van der Waals surface area (Å²) in [7, 11) is 0. The lowest BCUT2D eigenvalue weighted by atomic mass is 10.2. The van der Waals surface area contributed by atoms with E-state index in [9.17, 15) is 0 Å². The predicted molar refractivity (Wildman–Crippen MR) is 62.5 cm³/mol. The van der Waals surface area contributed by atoms with Gasteiger partial charge in [-0.1, -0.05) is 0 Å². The van der Waals surface area contributed by atoms with Crippen LogP contribution in [-0.2, 0) is 0 Å². The van der Waals surface area contributed by atoms with Gasteiger partial charge in [0.25, 0.3) is 0 Å². The summed E-state index contributed by atoms with van der Waals surface area (Å²) in [6.45, 7) is 0.746. The SMILES string of the molecule is Nc1nc(OCCCCCO)c2[nH]cnc2n1. The Balaban J connectivity index is 2.00. The first-order chi connectivity index (χ1) is 8.31. The first kappa shape index (κ1) is 11.6. The molecule has 2 rings (SSSR count). The zero-order chi connectivity index (χ0) is 12.1. The Morgan fingerprint density at radius 1 is 1.29 bits per heavy atom. The van der Waals surface area contributed by atoms with Crippen molar-refractivity contribution in [2.24, 2.45) is 0 Å². The molecular formula is C10H15N5O2. The van der Waals surface area contributed by atoms with Gasteiger partial charge in [-0.15, -0.1) is 0 Å². The van der Waals surface area contributed by atoms with E-state index in [4.69, 9.17) is 15.6 Å². The molecule has 0 fully saturated rings. The van der Waals surface area contributed by atoms with Crippen LogP contribution in [0, 0.1) is 0 Å². The molecule has 0 amide bonds. The number of nitrogens with two attached hydrogens (primary N) is 1. The van der Waals surface area contributed by atoms with Crippen LogP contribution in [-0.4, -0.2) is 38.3 Å². The highest BCUT2D eigenvalue weighted by Gasteiger charge is 2.09. The molecule has 0 unspecified atom stereocenters. The van der Waals surface area contributed by atoms with E-state index in [1.807, 2.05) is 0 Å². The van der Waals surface area contributed by atoms with E-state index in [-0.39, 0.29) is 12.6 Å². The summed E-state index contributed by atoms with van der Waals surface area (Å²) < 4.78 is 5.52. The average molecular weight is 237 g/mol. The van der Waals surface area contributed by atoms with Crippen LogP contribution < -0.4 is 10.5 Å². The number of aromatic amines is 1. The van der Waals surface area contributed by atoms with Crippen molar-refractivity contribution >= 4 is 17.1 Å². The molecular weight excluding hydrogens is 222 g/mol. The largest absolute Gasteiger partial charge is 0.476 e. The van der Waals surface area contributed by atoms with Gasteiger partial charge in [0.1, 0.15) is 5.52 Å². The maximum Gasteiger partial charge on any atom is 0.245 e. The summed E-state index contributed by atoms with van der Waals surface area (Å²) in [6, 6.07) is 0. The number of nitrogens with zero attached hydrogens (tertiary/aromatic N) is 3. The third kappa shape index (κ3) is 2.82. The van der Waals surface area contributed by atoms with Crippen molar-refractivity contribution in [3.63, 3.8) is 0 Å². The second kappa shape index (κ2) is 5.44. The van der Waals surface area contributed by atoms with Crippen LogP contribution in [0.3, 0.4) is 0 Å². The van der Waals surface area contributed by atoms with Crippen molar-refractivity contribution in [1.82, 2.24) is 19.9 Å². The van der Waals surface area contributed by atoms with Gasteiger partial charge in [0.15, 0.2) is 5.65 Å². The Bertz CT molecular complexity index is 485. The number of nitrogens with one attached hydrogen (secondary N) is 1. The van der Waals surface area contributed by atoms with Crippen molar-refractivity contribution in [1.29, 1.82) is 0 Å². The first-order valence-corrected chi connectivity index (χ1v) is 5.51. The molecule has 7 nitrogen and oxygen atoms in total. The Hall–Kier alpha value is -1.89. The molecule has 0 saturated carbocycles. The average Bonchev–Trinajstić information content (AvgIpc) is 2.76. The highest BCUT2D eigenvalue weighted by molar-refractivity contribution is 5.76. The Morgan fingerprint density at radius 3 is 3.00 bits per heavy atom. The molecule has 0 spiro atoms. The number of H-pyrrole nitrogens is 1. The van der Waals surface area contributed by atoms with E-state index >= 15 is 0 Å².